The lowest BCUT2D eigenvalue weighted by Crippen LogP contribution is -2.41. The molecule has 2 aromatic rings. The van der Waals surface area contributed by atoms with Crippen LogP contribution in [0.1, 0.15) is 51.7 Å². The van der Waals surface area contributed by atoms with Gasteiger partial charge < -0.3 is 31.6 Å². The molecule has 0 radical (unpaired) electrons. The first-order valence-corrected chi connectivity index (χ1v) is 12.9. The highest BCUT2D eigenvalue weighted by atomic mass is 32.1. The van der Waals surface area contributed by atoms with E-state index in [1.165, 1.54) is 0 Å². The number of carbonyl (C=O) groups excluding carboxylic acids is 3. The van der Waals surface area contributed by atoms with Gasteiger partial charge in [-0.15, -0.1) is 0 Å². The standard InChI is InChI=1S/C14H20N2O3.C14H20N2O2S/c1-10(2)12(8-13(15)17)16-14(18)19-9-11-6-4-3-5-7-11;1-10(2)12(8-13(15)19)16-14(17)18-9-11-6-4-3-5-7-11/h3-7,10,12H,8-9H2,1-2H3,(H2,15,17)(H,16,18);3-7,10,12H,8-9H2,1-2H3,(H2,15,19)(H,16,17)/t2*12-/m11/s1. The topological polar surface area (TPSA) is 146 Å². The van der Waals surface area contributed by atoms with Crippen molar-refractivity contribution < 1.29 is 23.9 Å². The summed E-state index contributed by atoms with van der Waals surface area (Å²) in [7, 11) is 0. The van der Waals surface area contributed by atoms with Crippen LogP contribution < -0.4 is 22.1 Å². The van der Waals surface area contributed by atoms with Crippen molar-refractivity contribution in [1.82, 2.24) is 10.6 Å². The van der Waals surface area contributed by atoms with Gasteiger partial charge in [0.25, 0.3) is 0 Å². The van der Waals surface area contributed by atoms with Gasteiger partial charge >= 0.3 is 12.2 Å². The molecular weight excluding hydrogens is 504 g/mol. The van der Waals surface area contributed by atoms with Crippen LogP contribution in [0, 0.1) is 11.8 Å². The van der Waals surface area contributed by atoms with Gasteiger partial charge in [-0.3, -0.25) is 4.79 Å². The predicted octanol–water partition coefficient (Wildman–Crippen LogP) is 4.43. The highest BCUT2D eigenvalue weighted by molar-refractivity contribution is 7.80. The van der Waals surface area contributed by atoms with Crippen molar-refractivity contribution in [1.29, 1.82) is 0 Å². The molecule has 0 spiro atoms. The summed E-state index contributed by atoms with van der Waals surface area (Å²) in [6, 6.07) is 18.5. The Morgan fingerprint density at radius 3 is 1.39 bits per heavy atom. The van der Waals surface area contributed by atoms with Crippen LogP contribution in [0.3, 0.4) is 0 Å². The number of ether oxygens (including phenoxy) is 2. The van der Waals surface area contributed by atoms with E-state index in [0.29, 0.717) is 11.4 Å². The number of primary amides is 1. The number of nitrogens with one attached hydrogen (secondary N) is 2. The Morgan fingerprint density at radius 2 is 1.08 bits per heavy atom. The number of nitrogens with two attached hydrogens (primary N) is 2. The molecule has 0 aliphatic rings. The van der Waals surface area contributed by atoms with Crippen molar-refractivity contribution in [3.63, 3.8) is 0 Å². The average molecular weight is 545 g/mol. The van der Waals surface area contributed by atoms with Crippen molar-refractivity contribution in [2.45, 2.75) is 65.8 Å². The minimum Gasteiger partial charge on any atom is -0.445 e. The minimum absolute atomic E-state index is 0.0965. The lowest BCUT2D eigenvalue weighted by molar-refractivity contribution is -0.118. The highest BCUT2D eigenvalue weighted by Crippen LogP contribution is 2.08. The maximum atomic E-state index is 11.7. The fourth-order valence-electron chi connectivity index (χ4n) is 3.17. The van der Waals surface area contributed by atoms with E-state index in [2.05, 4.69) is 10.6 Å². The first-order valence-electron chi connectivity index (χ1n) is 12.5. The number of carbonyl (C=O) groups is 3. The number of amides is 3. The summed E-state index contributed by atoms with van der Waals surface area (Å²) in [5.41, 5.74) is 12.5. The van der Waals surface area contributed by atoms with Crippen LogP contribution in [0.4, 0.5) is 9.59 Å². The van der Waals surface area contributed by atoms with Gasteiger partial charge in [0.15, 0.2) is 0 Å². The maximum absolute atomic E-state index is 11.7. The maximum Gasteiger partial charge on any atom is 0.407 e. The molecule has 0 aromatic heterocycles. The molecule has 2 aromatic carbocycles. The first-order chi connectivity index (χ1) is 18.0. The molecular formula is C28H40N4O5S. The summed E-state index contributed by atoms with van der Waals surface area (Å²) in [5.74, 6) is -0.0930. The summed E-state index contributed by atoms with van der Waals surface area (Å²) in [5, 5.41) is 5.45. The third-order valence-electron chi connectivity index (χ3n) is 5.48. The van der Waals surface area contributed by atoms with Gasteiger partial charge in [0.2, 0.25) is 5.91 Å². The Bertz CT molecular complexity index is 921. The van der Waals surface area contributed by atoms with E-state index in [9.17, 15) is 14.4 Å². The van der Waals surface area contributed by atoms with Gasteiger partial charge in [0.1, 0.15) is 13.2 Å². The predicted molar refractivity (Wildman–Crippen MR) is 152 cm³/mol. The molecule has 0 bridgehead atoms. The molecule has 0 aliphatic carbocycles. The van der Waals surface area contributed by atoms with Crippen molar-refractivity contribution in [3.05, 3.63) is 71.8 Å². The van der Waals surface area contributed by atoms with Crippen molar-refractivity contribution in [2.24, 2.45) is 23.3 Å². The third-order valence-corrected chi connectivity index (χ3v) is 5.65. The largest absolute Gasteiger partial charge is 0.445 e. The zero-order valence-corrected chi connectivity index (χ0v) is 23.3. The number of rotatable bonds is 12. The van der Waals surface area contributed by atoms with Gasteiger partial charge in [-0.1, -0.05) is 101 Å². The van der Waals surface area contributed by atoms with Crippen LogP contribution in [-0.2, 0) is 27.5 Å². The van der Waals surface area contributed by atoms with Crippen LogP contribution in [0.5, 0.6) is 0 Å². The third kappa shape index (κ3) is 14.8. The second kappa shape index (κ2) is 17.7. The Hall–Kier alpha value is -3.66. The smallest absolute Gasteiger partial charge is 0.407 e. The lowest BCUT2D eigenvalue weighted by atomic mass is 10.0. The molecule has 208 valence electrons. The van der Waals surface area contributed by atoms with E-state index < -0.39 is 18.1 Å². The number of benzene rings is 2. The van der Waals surface area contributed by atoms with Crippen molar-refractivity contribution in [3.8, 4) is 0 Å². The quantitative estimate of drug-likeness (QED) is 0.289. The molecule has 6 N–H and O–H groups in total. The Kier molecular flexibility index (Phi) is 15.1. The molecule has 9 nitrogen and oxygen atoms in total. The van der Waals surface area contributed by atoms with Gasteiger partial charge in [0, 0.05) is 24.9 Å². The molecule has 0 heterocycles. The van der Waals surface area contributed by atoms with E-state index in [0.717, 1.165) is 11.1 Å². The molecule has 10 heteroatoms. The minimum atomic E-state index is -0.538. The number of alkyl carbamates (subject to hydrolysis) is 2. The molecule has 0 saturated heterocycles. The molecule has 2 rings (SSSR count). The average Bonchev–Trinajstić information content (AvgIpc) is 2.86. The molecule has 2 atom stereocenters. The van der Waals surface area contributed by atoms with Gasteiger partial charge in [0.05, 0.1) is 4.99 Å². The van der Waals surface area contributed by atoms with Crippen LogP contribution in [-0.4, -0.2) is 35.2 Å². The number of hydrogen-bond acceptors (Lipinski definition) is 6. The van der Waals surface area contributed by atoms with Gasteiger partial charge in [-0.05, 0) is 23.0 Å². The second-order valence-corrected chi connectivity index (χ2v) is 9.98. The van der Waals surface area contributed by atoms with E-state index in [-0.39, 0.29) is 43.6 Å². The molecule has 3 amide bonds. The van der Waals surface area contributed by atoms with E-state index in [1.54, 1.807) is 0 Å². The number of hydrogen-bond donors (Lipinski definition) is 4. The monoisotopic (exact) mass is 544 g/mol. The molecule has 0 fully saturated rings. The fourth-order valence-corrected chi connectivity index (χ4v) is 3.35. The summed E-state index contributed by atoms with van der Waals surface area (Å²) in [6.45, 7) is 8.27. The first kappa shape index (κ1) is 32.4. The summed E-state index contributed by atoms with van der Waals surface area (Å²) >= 11 is 4.87. The summed E-state index contributed by atoms with van der Waals surface area (Å²) in [4.78, 5) is 34.6. The lowest BCUT2D eigenvalue weighted by Gasteiger charge is -2.21. The van der Waals surface area contributed by atoms with E-state index >= 15 is 0 Å². The molecule has 0 aliphatic heterocycles. The summed E-state index contributed by atoms with van der Waals surface area (Å²) in [6.07, 6.45) is -0.395. The number of thiocarbonyl (C=S) groups is 1. The van der Waals surface area contributed by atoms with Crippen molar-refractivity contribution in [2.75, 3.05) is 0 Å². The van der Waals surface area contributed by atoms with Crippen LogP contribution in [0.15, 0.2) is 60.7 Å². The van der Waals surface area contributed by atoms with Crippen LogP contribution in [0.2, 0.25) is 0 Å². The van der Waals surface area contributed by atoms with Gasteiger partial charge in [-0.25, -0.2) is 9.59 Å². The Labute approximate surface area is 230 Å². The second-order valence-electron chi connectivity index (χ2n) is 9.45. The van der Waals surface area contributed by atoms with Crippen LogP contribution in [0.25, 0.3) is 0 Å². The van der Waals surface area contributed by atoms with E-state index in [1.807, 2.05) is 88.4 Å². The highest BCUT2D eigenvalue weighted by Gasteiger charge is 2.19. The normalized spacial score (nSPS) is 11.9. The van der Waals surface area contributed by atoms with Crippen molar-refractivity contribution >= 4 is 35.3 Å². The Balaban J connectivity index is 0.000000380. The fraction of sp³-hybridized carbons (Fsp3) is 0.429. The Morgan fingerprint density at radius 1 is 0.711 bits per heavy atom. The zero-order valence-electron chi connectivity index (χ0n) is 22.5. The molecule has 0 unspecified atom stereocenters. The SMILES string of the molecule is CC(C)[C@@H](CC(N)=O)NC(=O)OCc1ccccc1.CC(C)[C@@H](CC(N)=S)NC(=O)OCc1ccccc1. The summed E-state index contributed by atoms with van der Waals surface area (Å²) < 4.78 is 10.2. The molecule has 0 saturated carbocycles. The molecule has 38 heavy (non-hydrogen) atoms. The zero-order chi connectivity index (χ0) is 28.5. The van der Waals surface area contributed by atoms with Gasteiger partial charge in [-0.2, -0.15) is 0 Å². The van der Waals surface area contributed by atoms with E-state index in [4.69, 9.17) is 33.2 Å². The van der Waals surface area contributed by atoms with Crippen LogP contribution >= 0.6 is 12.2 Å².